The molecule has 2 heterocycles. The quantitative estimate of drug-likeness (QED) is 0.614. The molecule has 0 radical (unpaired) electrons. The van der Waals surface area contributed by atoms with Crippen LogP contribution in [-0.4, -0.2) is 11.1 Å². The number of furan rings is 1. The molecule has 0 aliphatic carbocycles. The van der Waals surface area contributed by atoms with Crippen molar-refractivity contribution in [3.05, 3.63) is 101 Å². The maximum absolute atomic E-state index is 12.1. The first-order valence-electron chi connectivity index (χ1n) is 9.26. The monoisotopic (exact) mass is 406 g/mol. The van der Waals surface area contributed by atoms with E-state index in [-0.39, 0.29) is 22.7 Å². The highest BCUT2D eigenvalue weighted by molar-refractivity contribution is 6.10. The molecule has 0 saturated carbocycles. The number of hydrogen-bond acceptors (Lipinski definition) is 6. The second-order valence-electron chi connectivity index (χ2n) is 6.51. The SMILES string of the molecule is N#CC1=C(c2ccccc2)/C(=C/C=C/c2oc(O)c(C#N)c2-c2ccccc2)OC1=O. The zero-order valence-electron chi connectivity index (χ0n) is 16.1. The molecule has 0 saturated heterocycles. The molecule has 0 bridgehead atoms. The summed E-state index contributed by atoms with van der Waals surface area (Å²) < 4.78 is 10.7. The predicted octanol–water partition coefficient (Wildman–Crippen LogP) is 4.96. The van der Waals surface area contributed by atoms with Crippen LogP contribution in [0.15, 0.2) is 88.6 Å². The van der Waals surface area contributed by atoms with Crippen molar-refractivity contribution in [2.24, 2.45) is 0 Å². The number of aromatic hydroxyl groups is 1. The van der Waals surface area contributed by atoms with Gasteiger partial charge in [-0.05, 0) is 23.3 Å². The summed E-state index contributed by atoms with van der Waals surface area (Å²) in [6, 6.07) is 21.9. The summed E-state index contributed by atoms with van der Waals surface area (Å²) in [6.07, 6.45) is 4.65. The van der Waals surface area contributed by atoms with Crippen molar-refractivity contribution < 1.29 is 19.1 Å². The lowest BCUT2D eigenvalue weighted by Gasteiger charge is -2.03. The molecule has 31 heavy (non-hydrogen) atoms. The number of carbonyl (C=O) groups excluding carboxylic acids is 1. The number of carbonyl (C=O) groups is 1. The Kier molecular flexibility index (Phi) is 5.21. The van der Waals surface area contributed by atoms with E-state index in [1.54, 1.807) is 48.6 Å². The van der Waals surface area contributed by atoms with E-state index < -0.39 is 11.9 Å². The molecule has 1 aliphatic rings. The van der Waals surface area contributed by atoms with E-state index in [1.165, 1.54) is 6.08 Å². The van der Waals surface area contributed by atoms with Gasteiger partial charge in [0.1, 0.15) is 34.8 Å². The fraction of sp³-hybridized carbons (Fsp3) is 0. The van der Waals surface area contributed by atoms with E-state index >= 15 is 0 Å². The van der Waals surface area contributed by atoms with Gasteiger partial charge in [-0.3, -0.25) is 0 Å². The molecule has 0 atom stereocenters. The molecule has 1 aliphatic heterocycles. The Morgan fingerprint density at radius 1 is 0.903 bits per heavy atom. The summed E-state index contributed by atoms with van der Waals surface area (Å²) in [7, 11) is 0. The van der Waals surface area contributed by atoms with Crippen LogP contribution in [0.1, 0.15) is 16.9 Å². The Balaban J connectivity index is 1.75. The molecule has 4 rings (SSSR count). The fourth-order valence-corrected chi connectivity index (χ4v) is 3.31. The lowest BCUT2D eigenvalue weighted by atomic mass is 10.00. The van der Waals surface area contributed by atoms with Crippen LogP contribution in [0.4, 0.5) is 0 Å². The van der Waals surface area contributed by atoms with Gasteiger partial charge in [-0.15, -0.1) is 0 Å². The van der Waals surface area contributed by atoms with E-state index in [0.29, 0.717) is 22.3 Å². The van der Waals surface area contributed by atoms with Crippen molar-refractivity contribution in [3.8, 4) is 29.2 Å². The summed E-state index contributed by atoms with van der Waals surface area (Å²) >= 11 is 0. The lowest BCUT2D eigenvalue weighted by Crippen LogP contribution is -1.96. The molecule has 0 unspecified atom stereocenters. The first-order valence-corrected chi connectivity index (χ1v) is 9.26. The standard InChI is InChI=1S/C25H14N2O4/c26-14-18-22(16-8-3-1-4-9-16)20(30-24(18)28)12-7-13-21-23(17-10-5-2-6-11-17)19(15-27)25(29)31-21/h1-13,28H/b12-7+,21-13-. The Morgan fingerprint density at radius 3 is 2.16 bits per heavy atom. The van der Waals surface area contributed by atoms with Crippen molar-refractivity contribution in [3.63, 3.8) is 0 Å². The summed E-state index contributed by atoms with van der Waals surface area (Å²) in [5.74, 6) is -0.695. The van der Waals surface area contributed by atoms with Crippen molar-refractivity contribution in [2.45, 2.75) is 0 Å². The van der Waals surface area contributed by atoms with E-state index in [9.17, 15) is 20.4 Å². The van der Waals surface area contributed by atoms with Crippen LogP contribution in [0.25, 0.3) is 22.8 Å². The van der Waals surface area contributed by atoms with Gasteiger partial charge in [0.2, 0.25) is 0 Å². The number of rotatable bonds is 4. The van der Waals surface area contributed by atoms with Crippen LogP contribution in [0.2, 0.25) is 0 Å². The van der Waals surface area contributed by atoms with Crippen LogP contribution >= 0.6 is 0 Å². The summed E-state index contributed by atoms with van der Waals surface area (Å²) in [6.45, 7) is 0. The molecule has 3 aromatic rings. The molecule has 0 fully saturated rings. The summed E-state index contributed by atoms with van der Waals surface area (Å²) in [5.41, 5.74) is 2.20. The van der Waals surface area contributed by atoms with Crippen LogP contribution in [-0.2, 0) is 9.53 Å². The first-order chi connectivity index (χ1) is 15.1. The number of ether oxygens (including phenoxy) is 1. The zero-order valence-corrected chi connectivity index (χ0v) is 16.1. The van der Waals surface area contributed by atoms with Gasteiger partial charge in [-0.2, -0.15) is 10.5 Å². The van der Waals surface area contributed by atoms with Crippen molar-refractivity contribution in [1.29, 1.82) is 10.5 Å². The molecule has 148 valence electrons. The Bertz CT molecular complexity index is 1330. The molecule has 1 N–H and O–H groups in total. The number of allylic oxidation sites excluding steroid dienone is 3. The normalized spacial score (nSPS) is 14.6. The van der Waals surface area contributed by atoms with E-state index in [2.05, 4.69) is 0 Å². The van der Waals surface area contributed by atoms with E-state index in [1.807, 2.05) is 36.4 Å². The van der Waals surface area contributed by atoms with Crippen LogP contribution in [0.3, 0.4) is 0 Å². The fourth-order valence-electron chi connectivity index (χ4n) is 3.31. The van der Waals surface area contributed by atoms with Gasteiger partial charge in [0.15, 0.2) is 0 Å². The maximum Gasteiger partial charge on any atom is 0.355 e. The number of hydrogen-bond donors (Lipinski definition) is 1. The van der Waals surface area contributed by atoms with E-state index in [4.69, 9.17) is 9.15 Å². The highest BCUT2D eigenvalue weighted by Crippen LogP contribution is 2.37. The molecular weight excluding hydrogens is 392 g/mol. The Morgan fingerprint density at radius 2 is 1.55 bits per heavy atom. The molecule has 0 amide bonds. The average Bonchev–Trinajstić information content (AvgIpc) is 3.30. The lowest BCUT2D eigenvalue weighted by molar-refractivity contribution is -0.132. The van der Waals surface area contributed by atoms with Gasteiger partial charge in [0.25, 0.3) is 0 Å². The highest BCUT2D eigenvalue weighted by Gasteiger charge is 2.30. The molecular formula is C25H14N2O4. The summed E-state index contributed by atoms with van der Waals surface area (Å²) in [5, 5.41) is 28.8. The van der Waals surface area contributed by atoms with Gasteiger partial charge in [0.05, 0.1) is 0 Å². The van der Waals surface area contributed by atoms with Crippen LogP contribution < -0.4 is 0 Å². The van der Waals surface area contributed by atoms with Crippen molar-refractivity contribution in [2.75, 3.05) is 0 Å². The number of cyclic esters (lactones) is 1. The predicted molar refractivity (Wildman–Crippen MR) is 113 cm³/mol. The maximum atomic E-state index is 12.1. The van der Waals surface area contributed by atoms with Gasteiger partial charge < -0.3 is 14.3 Å². The highest BCUT2D eigenvalue weighted by atomic mass is 16.5. The average molecular weight is 406 g/mol. The molecule has 1 aromatic heterocycles. The van der Waals surface area contributed by atoms with Crippen LogP contribution in [0.5, 0.6) is 5.95 Å². The molecule has 6 heteroatoms. The van der Waals surface area contributed by atoms with Crippen LogP contribution in [0, 0.1) is 22.7 Å². The third kappa shape index (κ3) is 3.62. The van der Waals surface area contributed by atoms with Gasteiger partial charge in [-0.25, -0.2) is 4.79 Å². The minimum Gasteiger partial charge on any atom is -0.480 e. The smallest absolute Gasteiger partial charge is 0.355 e. The van der Waals surface area contributed by atoms with E-state index in [0.717, 1.165) is 0 Å². The number of nitriles is 2. The van der Waals surface area contributed by atoms with Gasteiger partial charge in [0, 0.05) is 11.1 Å². The largest absolute Gasteiger partial charge is 0.480 e. The number of nitrogens with zero attached hydrogens (tertiary/aromatic N) is 2. The second kappa shape index (κ2) is 8.28. The molecule has 2 aromatic carbocycles. The third-order valence-corrected chi connectivity index (χ3v) is 4.66. The Hall–Kier alpha value is -4.81. The number of esters is 1. The first kappa shape index (κ1) is 19.5. The van der Waals surface area contributed by atoms with Gasteiger partial charge in [-0.1, -0.05) is 66.7 Å². The second-order valence-corrected chi connectivity index (χ2v) is 6.51. The minimum atomic E-state index is -0.714. The topological polar surface area (TPSA) is 107 Å². The van der Waals surface area contributed by atoms with Gasteiger partial charge >= 0.3 is 11.9 Å². The third-order valence-electron chi connectivity index (χ3n) is 4.66. The minimum absolute atomic E-state index is 0.0300. The zero-order chi connectivity index (χ0) is 21.8. The summed E-state index contributed by atoms with van der Waals surface area (Å²) in [4.78, 5) is 12.1. The molecule has 6 nitrogen and oxygen atoms in total. The number of benzene rings is 2. The van der Waals surface area contributed by atoms with Crippen molar-refractivity contribution >= 4 is 17.6 Å². The van der Waals surface area contributed by atoms with Crippen molar-refractivity contribution in [1.82, 2.24) is 0 Å². The Labute approximate surface area is 177 Å². The molecule has 0 spiro atoms.